The van der Waals surface area contributed by atoms with E-state index in [9.17, 15) is 9.59 Å². The first kappa shape index (κ1) is 19.9. The van der Waals surface area contributed by atoms with Gasteiger partial charge in [0.25, 0.3) is 0 Å². The van der Waals surface area contributed by atoms with Gasteiger partial charge >= 0.3 is 12.0 Å². The zero-order chi connectivity index (χ0) is 20.3. The Balaban J connectivity index is 2.02. The number of urea groups is 1. The molecule has 3 rings (SSSR count). The number of hydrogen-bond donors (Lipinski definition) is 2. The Kier molecular flexibility index (Phi) is 6.03. The molecule has 0 fully saturated rings. The molecular formula is C19H23N5O3S. The van der Waals surface area contributed by atoms with E-state index in [1.165, 1.54) is 18.1 Å². The lowest BCUT2D eigenvalue weighted by Gasteiger charge is -2.30. The number of benzene rings is 1. The fourth-order valence-electron chi connectivity index (χ4n) is 3.12. The van der Waals surface area contributed by atoms with E-state index in [1.807, 2.05) is 32.0 Å². The van der Waals surface area contributed by atoms with Gasteiger partial charge in [-0.1, -0.05) is 35.5 Å². The maximum absolute atomic E-state index is 12.8. The van der Waals surface area contributed by atoms with Crippen LogP contribution in [-0.4, -0.2) is 39.1 Å². The number of nitrogens with one attached hydrogen (secondary N) is 2. The molecule has 2 aromatic rings. The largest absolute Gasteiger partial charge is 0.463 e. The molecule has 9 heteroatoms. The van der Waals surface area contributed by atoms with Crippen LogP contribution in [0.15, 0.2) is 41.0 Å². The van der Waals surface area contributed by atoms with Crippen LogP contribution < -0.4 is 10.6 Å². The highest BCUT2D eigenvalue weighted by molar-refractivity contribution is 7.99. The van der Waals surface area contributed by atoms with E-state index < -0.39 is 12.0 Å². The fourth-order valence-corrected chi connectivity index (χ4v) is 3.97. The molecule has 1 atom stereocenters. The van der Waals surface area contributed by atoms with Crippen LogP contribution in [0.3, 0.4) is 0 Å². The first-order chi connectivity index (χ1) is 13.4. The first-order valence-electron chi connectivity index (χ1n) is 8.92. The molecule has 2 amide bonds. The van der Waals surface area contributed by atoms with Gasteiger partial charge in [0, 0.05) is 18.5 Å². The Labute approximate surface area is 167 Å². The van der Waals surface area contributed by atoms with Gasteiger partial charge in [0.2, 0.25) is 0 Å². The van der Waals surface area contributed by atoms with Crippen molar-refractivity contribution in [2.24, 2.45) is 7.05 Å². The van der Waals surface area contributed by atoms with Crippen LogP contribution in [0.1, 0.15) is 29.7 Å². The summed E-state index contributed by atoms with van der Waals surface area (Å²) in [7, 11) is 1.79. The molecule has 148 valence electrons. The monoisotopic (exact) mass is 401 g/mol. The third-order valence-electron chi connectivity index (χ3n) is 4.40. The predicted molar refractivity (Wildman–Crippen MR) is 106 cm³/mol. The van der Waals surface area contributed by atoms with Crippen LogP contribution >= 0.6 is 11.8 Å². The van der Waals surface area contributed by atoms with E-state index in [2.05, 4.69) is 20.7 Å². The van der Waals surface area contributed by atoms with Crippen molar-refractivity contribution in [3.63, 3.8) is 0 Å². The van der Waals surface area contributed by atoms with Crippen LogP contribution in [-0.2, 0) is 16.6 Å². The number of nitrogens with zero attached hydrogens (tertiary/aromatic N) is 3. The Morgan fingerprint density at radius 1 is 1.36 bits per heavy atom. The number of aromatic nitrogens is 3. The summed E-state index contributed by atoms with van der Waals surface area (Å²) in [6.07, 6.45) is 1.46. The molecular weight excluding hydrogens is 378 g/mol. The SMILES string of the molecule is CCOC(=O)C1=C(CSc2ncnn2C)NC(=O)NC1c1ccc(C)cc1C. The molecule has 0 spiro atoms. The third-order valence-corrected chi connectivity index (χ3v) is 5.46. The average Bonchev–Trinajstić information content (AvgIpc) is 3.04. The number of carbonyl (C=O) groups is 2. The minimum atomic E-state index is -0.580. The first-order valence-corrected chi connectivity index (χ1v) is 9.90. The van der Waals surface area contributed by atoms with Gasteiger partial charge in [0.15, 0.2) is 5.16 Å². The summed E-state index contributed by atoms with van der Waals surface area (Å²) in [4.78, 5) is 29.3. The van der Waals surface area contributed by atoms with Gasteiger partial charge in [0.1, 0.15) is 6.33 Å². The highest BCUT2D eigenvalue weighted by Gasteiger charge is 2.34. The topological polar surface area (TPSA) is 98.1 Å². The molecule has 0 radical (unpaired) electrons. The van der Waals surface area contributed by atoms with Gasteiger partial charge in [-0.15, -0.1) is 0 Å². The van der Waals surface area contributed by atoms with Crippen molar-refractivity contribution in [1.82, 2.24) is 25.4 Å². The molecule has 1 aliphatic rings. The number of thioether (sulfide) groups is 1. The lowest BCUT2D eigenvalue weighted by atomic mass is 9.91. The molecule has 2 N–H and O–H groups in total. The molecule has 0 saturated carbocycles. The molecule has 1 aromatic heterocycles. The van der Waals surface area contributed by atoms with E-state index >= 15 is 0 Å². The molecule has 1 unspecified atom stereocenters. The van der Waals surface area contributed by atoms with Gasteiger partial charge in [-0.2, -0.15) is 5.10 Å². The van der Waals surface area contributed by atoms with E-state index in [0.29, 0.717) is 22.2 Å². The number of hydrogen-bond acceptors (Lipinski definition) is 6. The van der Waals surface area contributed by atoms with Crippen molar-refractivity contribution < 1.29 is 14.3 Å². The lowest BCUT2D eigenvalue weighted by molar-refractivity contribution is -0.139. The van der Waals surface area contributed by atoms with Crippen molar-refractivity contribution in [1.29, 1.82) is 0 Å². The average molecular weight is 401 g/mol. The highest BCUT2D eigenvalue weighted by Crippen LogP contribution is 2.32. The second-order valence-electron chi connectivity index (χ2n) is 6.46. The normalized spacial score (nSPS) is 16.6. The number of aryl methyl sites for hydroxylation is 3. The zero-order valence-corrected chi connectivity index (χ0v) is 17.1. The number of rotatable bonds is 6. The second-order valence-corrected chi connectivity index (χ2v) is 7.40. The Hall–Kier alpha value is -2.81. The van der Waals surface area contributed by atoms with E-state index in [0.717, 1.165) is 16.7 Å². The van der Waals surface area contributed by atoms with Gasteiger partial charge in [-0.25, -0.2) is 19.3 Å². The van der Waals surface area contributed by atoms with Crippen molar-refractivity contribution in [2.45, 2.75) is 32.0 Å². The summed E-state index contributed by atoms with van der Waals surface area (Å²) in [6.45, 7) is 5.98. The van der Waals surface area contributed by atoms with Gasteiger partial charge in [0.05, 0.1) is 18.2 Å². The van der Waals surface area contributed by atoms with Crippen LogP contribution in [0, 0.1) is 13.8 Å². The molecule has 28 heavy (non-hydrogen) atoms. The number of amides is 2. The number of carbonyl (C=O) groups excluding carboxylic acids is 2. The predicted octanol–water partition coefficient (Wildman–Crippen LogP) is 2.40. The lowest BCUT2D eigenvalue weighted by Crippen LogP contribution is -2.46. The summed E-state index contributed by atoms with van der Waals surface area (Å²) in [5, 5.41) is 10.4. The van der Waals surface area contributed by atoms with Crippen molar-refractivity contribution >= 4 is 23.8 Å². The van der Waals surface area contributed by atoms with E-state index in [1.54, 1.807) is 18.7 Å². The maximum atomic E-state index is 12.8. The van der Waals surface area contributed by atoms with Crippen molar-refractivity contribution in [2.75, 3.05) is 12.4 Å². The van der Waals surface area contributed by atoms with Gasteiger partial charge in [-0.3, -0.25) is 0 Å². The molecule has 0 saturated heterocycles. The molecule has 0 aliphatic carbocycles. The van der Waals surface area contributed by atoms with E-state index in [-0.39, 0.29) is 12.6 Å². The molecule has 0 bridgehead atoms. The van der Waals surface area contributed by atoms with Crippen LogP contribution in [0.5, 0.6) is 0 Å². The maximum Gasteiger partial charge on any atom is 0.338 e. The quantitative estimate of drug-likeness (QED) is 0.570. The zero-order valence-electron chi connectivity index (χ0n) is 16.3. The van der Waals surface area contributed by atoms with Crippen molar-refractivity contribution in [3.8, 4) is 0 Å². The van der Waals surface area contributed by atoms with Crippen molar-refractivity contribution in [3.05, 3.63) is 52.5 Å². The summed E-state index contributed by atoms with van der Waals surface area (Å²) in [5.74, 6) is -0.0938. The van der Waals surface area contributed by atoms with Gasteiger partial charge < -0.3 is 15.4 Å². The minimum absolute atomic E-state index is 0.250. The second kappa shape index (κ2) is 8.47. The molecule has 1 aromatic carbocycles. The highest BCUT2D eigenvalue weighted by atomic mass is 32.2. The molecule has 2 heterocycles. The third kappa shape index (κ3) is 4.19. The smallest absolute Gasteiger partial charge is 0.338 e. The molecule has 1 aliphatic heterocycles. The standard InChI is InChI=1S/C19H23N5O3S/c1-5-27-17(25)15-14(9-28-19-20-10-21-24(19)4)22-18(26)23-16(15)13-7-6-11(2)8-12(13)3/h6-8,10,16H,5,9H2,1-4H3,(H2,22,23,26). The van der Waals surface area contributed by atoms with E-state index in [4.69, 9.17) is 4.74 Å². The summed E-state index contributed by atoms with van der Waals surface area (Å²) in [5.41, 5.74) is 3.89. The summed E-state index contributed by atoms with van der Waals surface area (Å²) in [6, 6.07) is 5.00. The fraction of sp³-hybridized carbons (Fsp3) is 0.368. The Bertz CT molecular complexity index is 937. The summed E-state index contributed by atoms with van der Waals surface area (Å²) < 4.78 is 6.93. The van der Waals surface area contributed by atoms with Crippen LogP contribution in [0.25, 0.3) is 0 Å². The van der Waals surface area contributed by atoms with Gasteiger partial charge in [-0.05, 0) is 31.9 Å². The Morgan fingerprint density at radius 3 is 2.79 bits per heavy atom. The van der Waals surface area contributed by atoms with Crippen LogP contribution in [0.4, 0.5) is 4.79 Å². The summed E-state index contributed by atoms with van der Waals surface area (Å²) >= 11 is 1.39. The minimum Gasteiger partial charge on any atom is -0.463 e. The molecule has 8 nitrogen and oxygen atoms in total. The van der Waals surface area contributed by atoms with Crippen LogP contribution in [0.2, 0.25) is 0 Å². The Morgan fingerprint density at radius 2 is 2.14 bits per heavy atom. The number of ether oxygens (including phenoxy) is 1. The number of esters is 1.